The average Bonchev–Trinajstić information content (AvgIpc) is 2.82. The Morgan fingerprint density at radius 1 is 1.25 bits per heavy atom. The summed E-state index contributed by atoms with van der Waals surface area (Å²) in [5.41, 5.74) is 4.78. The minimum absolute atomic E-state index is 0.0318. The number of thioether (sulfide) groups is 1. The Morgan fingerprint density at radius 2 is 2.00 bits per heavy atom. The standard InChI is InChI=1S/C16H24N2OS/c1-5-7-20-8-6-19-14(4)18-11-17-15-9-12(2)13(3)10-16(15)18/h9-11,14H,5-8H2,1-4H3. The van der Waals surface area contributed by atoms with Crippen LogP contribution in [-0.4, -0.2) is 27.7 Å². The molecule has 1 unspecified atom stereocenters. The van der Waals surface area contributed by atoms with E-state index in [2.05, 4.69) is 49.4 Å². The fourth-order valence-electron chi connectivity index (χ4n) is 2.18. The molecule has 110 valence electrons. The topological polar surface area (TPSA) is 27.1 Å². The van der Waals surface area contributed by atoms with E-state index in [1.165, 1.54) is 23.3 Å². The SMILES string of the molecule is CCCSCCOC(C)n1cnc2cc(C)c(C)cc21. The fourth-order valence-corrected chi connectivity index (χ4v) is 2.88. The highest BCUT2D eigenvalue weighted by molar-refractivity contribution is 7.99. The maximum atomic E-state index is 5.91. The summed E-state index contributed by atoms with van der Waals surface area (Å²) < 4.78 is 8.03. The molecule has 0 N–H and O–H groups in total. The summed E-state index contributed by atoms with van der Waals surface area (Å²) in [4.78, 5) is 4.48. The number of rotatable bonds is 7. The van der Waals surface area contributed by atoms with E-state index >= 15 is 0 Å². The van der Waals surface area contributed by atoms with Crippen LogP contribution in [0.3, 0.4) is 0 Å². The number of hydrogen-bond acceptors (Lipinski definition) is 3. The molecular formula is C16H24N2OS. The number of ether oxygens (including phenoxy) is 1. The predicted octanol–water partition coefficient (Wildman–Crippen LogP) is 4.33. The summed E-state index contributed by atoms with van der Waals surface area (Å²) in [6.07, 6.45) is 3.14. The van der Waals surface area contributed by atoms with Crippen molar-refractivity contribution in [2.75, 3.05) is 18.1 Å². The van der Waals surface area contributed by atoms with Crippen molar-refractivity contribution < 1.29 is 4.74 Å². The molecule has 0 radical (unpaired) electrons. The highest BCUT2D eigenvalue weighted by Gasteiger charge is 2.10. The van der Waals surface area contributed by atoms with Gasteiger partial charge in [0.1, 0.15) is 6.23 Å². The van der Waals surface area contributed by atoms with Crippen LogP contribution in [0.2, 0.25) is 0 Å². The Labute approximate surface area is 125 Å². The van der Waals surface area contributed by atoms with Gasteiger partial charge in [-0.1, -0.05) is 6.92 Å². The van der Waals surface area contributed by atoms with E-state index in [1.807, 2.05) is 18.1 Å². The molecule has 2 rings (SSSR count). The molecule has 1 atom stereocenters. The van der Waals surface area contributed by atoms with Gasteiger partial charge < -0.3 is 9.30 Å². The predicted molar refractivity (Wildman–Crippen MR) is 87.5 cm³/mol. The van der Waals surface area contributed by atoms with Gasteiger partial charge in [-0.15, -0.1) is 0 Å². The smallest absolute Gasteiger partial charge is 0.132 e. The van der Waals surface area contributed by atoms with Crippen LogP contribution in [0.1, 0.15) is 37.6 Å². The Hall–Kier alpha value is -1.00. The van der Waals surface area contributed by atoms with E-state index in [-0.39, 0.29) is 6.23 Å². The molecule has 1 aromatic carbocycles. The molecule has 0 bridgehead atoms. The molecule has 1 aromatic heterocycles. The van der Waals surface area contributed by atoms with Gasteiger partial charge in [0.05, 0.1) is 24.0 Å². The largest absolute Gasteiger partial charge is 0.357 e. The molecule has 0 aliphatic heterocycles. The molecule has 0 fully saturated rings. The van der Waals surface area contributed by atoms with Crippen LogP contribution < -0.4 is 0 Å². The van der Waals surface area contributed by atoms with Gasteiger partial charge in [-0.3, -0.25) is 0 Å². The van der Waals surface area contributed by atoms with E-state index in [9.17, 15) is 0 Å². The third-order valence-corrected chi connectivity index (χ3v) is 4.67. The van der Waals surface area contributed by atoms with Gasteiger partial charge in [0.15, 0.2) is 0 Å². The van der Waals surface area contributed by atoms with Crippen molar-refractivity contribution in [2.45, 2.75) is 40.3 Å². The van der Waals surface area contributed by atoms with Crippen molar-refractivity contribution in [1.29, 1.82) is 0 Å². The second-order valence-corrected chi connectivity index (χ2v) is 6.38. The van der Waals surface area contributed by atoms with Crippen LogP contribution in [0.5, 0.6) is 0 Å². The molecule has 20 heavy (non-hydrogen) atoms. The van der Waals surface area contributed by atoms with Gasteiger partial charge >= 0.3 is 0 Å². The minimum atomic E-state index is 0.0318. The molecule has 0 aliphatic carbocycles. The minimum Gasteiger partial charge on any atom is -0.357 e. The lowest BCUT2D eigenvalue weighted by Crippen LogP contribution is -2.10. The molecule has 0 saturated carbocycles. The van der Waals surface area contributed by atoms with Crippen LogP contribution >= 0.6 is 11.8 Å². The summed E-state index contributed by atoms with van der Waals surface area (Å²) in [6.45, 7) is 9.34. The lowest BCUT2D eigenvalue weighted by Gasteiger charge is -2.15. The number of aromatic nitrogens is 2. The van der Waals surface area contributed by atoms with Crippen molar-refractivity contribution in [3.8, 4) is 0 Å². The van der Waals surface area contributed by atoms with Crippen molar-refractivity contribution in [2.24, 2.45) is 0 Å². The number of benzene rings is 1. The first kappa shape index (κ1) is 15.4. The van der Waals surface area contributed by atoms with Crippen molar-refractivity contribution in [3.63, 3.8) is 0 Å². The van der Waals surface area contributed by atoms with E-state index in [1.54, 1.807) is 0 Å². The Balaban J connectivity index is 2.03. The Morgan fingerprint density at radius 3 is 2.75 bits per heavy atom. The zero-order chi connectivity index (χ0) is 14.5. The average molecular weight is 292 g/mol. The Kier molecular flexibility index (Phi) is 5.49. The van der Waals surface area contributed by atoms with Gasteiger partial charge in [-0.2, -0.15) is 11.8 Å². The zero-order valence-corrected chi connectivity index (χ0v) is 13.7. The van der Waals surface area contributed by atoms with E-state index in [0.29, 0.717) is 0 Å². The quantitative estimate of drug-likeness (QED) is 0.711. The van der Waals surface area contributed by atoms with Crippen LogP contribution in [0, 0.1) is 13.8 Å². The molecule has 0 aliphatic rings. The monoisotopic (exact) mass is 292 g/mol. The second kappa shape index (κ2) is 7.14. The fraction of sp³-hybridized carbons (Fsp3) is 0.562. The first-order valence-electron chi connectivity index (χ1n) is 7.26. The van der Waals surface area contributed by atoms with E-state index < -0.39 is 0 Å². The second-order valence-electron chi connectivity index (χ2n) is 5.16. The van der Waals surface area contributed by atoms with Gasteiger partial charge in [-0.05, 0) is 56.2 Å². The van der Waals surface area contributed by atoms with E-state index in [4.69, 9.17) is 4.74 Å². The molecule has 3 nitrogen and oxygen atoms in total. The van der Waals surface area contributed by atoms with Gasteiger partial charge in [0.25, 0.3) is 0 Å². The highest BCUT2D eigenvalue weighted by Crippen LogP contribution is 2.22. The van der Waals surface area contributed by atoms with Crippen LogP contribution in [0.25, 0.3) is 11.0 Å². The van der Waals surface area contributed by atoms with Crippen molar-refractivity contribution in [1.82, 2.24) is 9.55 Å². The highest BCUT2D eigenvalue weighted by atomic mass is 32.2. The number of nitrogens with zero attached hydrogens (tertiary/aromatic N) is 2. The number of aryl methyl sites for hydroxylation is 2. The first-order valence-corrected chi connectivity index (χ1v) is 8.42. The normalized spacial score (nSPS) is 13.0. The van der Waals surface area contributed by atoms with Gasteiger partial charge in [0.2, 0.25) is 0 Å². The van der Waals surface area contributed by atoms with E-state index in [0.717, 1.165) is 23.4 Å². The third kappa shape index (κ3) is 3.55. The zero-order valence-electron chi connectivity index (χ0n) is 12.8. The summed E-state index contributed by atoms with van der Waals surface area (Å²) in [5, 5.41) is 0. The Bertz CT molecular complexity index is 565. The van der Waals surface area contributed by atoms with Crippen LogP contribution in [0.15, 0.2) is 18.5 Å². The summed E-state index contributed by atoms with van der Waals surface area (Å²) in [7, 11) is 0. The molecule has 4 heteroatoms. The molecule has 0 spiro atoms. The number of imidazole rings is 1. The maximum absolute atomic E-state index is 5.91. The lowest BCUT2D eigenvalue weighted by molar-refractivity contribution is 0.0293. The number of hydrogen-bond donors (Lipinski definition) is 0. The molecule has 0 saturated heterocycles. The number of fused-ring (bicyclic) bond motifs is 1. The molecule has 2 aromatic rings. The van der Waals surface area contributed by atoms with Crippen molar-refractivity contribution in [3.05, 3.63) is 29.6 Å². The summed E-state index contributed by atoms with van der Waals surface area (Å²) in [6, 6.07) is 4.34. The molecular weight excluding hydrogens is 268 g/mol. The first-order chi connectivity index (χ1) is 9.63. The van der Waals surface area contributed by atoms with Crippen LogP contribution in [-0.2, 0) is 4.74 Å². The summed E-state index contributed by atoms with van der Waals surface area (Å²) in [5.74, 6) is 2.27. The van der Waals surface area contributed by atoms with Gasteiger partial charge in [0, 0.05) is 5.75 Å². The van der Waals surface area contributed by atoms with Crippen molar-refractivity contribution >= 4 is 22.8 Å². The maximum Gasteiger partial charge on any atom is 0.132 e. The molecule has 0 amide bonds. The molecule has 1 heterocycles. The van der Waals surface area contributed by atoms with Crippen LogP contribution in [0.4, 0.5) is 0 Å². The third-order valence-electron chi connectivity index (χ3n) is 3.52. The summed E-state index contributed by atoms with van der Waals surface area (Å²) >= 11 is 1.95. The lowest BCUT2D eigenvalue weighted by atomic mass is 10.1. The van der Waals surface area contributed by atoms with Gasteiger partial charge in [-0.25, -0.2) is 4.98 Å².